The maximum absolute atomic E-state index is 12.1. The summed E-state index contributed by atoms with van der Waals surface area (Å²) < 4.78 is 0. The minimum absolute atomic E-state index is 0.00454. The topological polar surface area (TPSA) is 70.2 Å². The minimum atomic E-state index is -0.316. The SMILES string of the molecule is CCNC(=O)c1cccc(NCC(=O)Nc2cc(Cl)c(Cl)cc2Cl)c1. The average Bonchev–Trinajstić information content (AvgIpc) is 2.58. The highest BCUT2D eigenvalue weighted by Gasteiger charge is 2.10. The molecule has 2 amide bonds. The van der Waals surface area contributed by atoms with E-state index in [9.17, 15) is 9.59 Å². The molecule has 0 atom stereocenters. The Morgan fingerprint density at radius 3 is 2.44 bits per heavy atom. The molecule has 0 saturated carbocycles. The number of nitrogens with one attached hydrogen (secondary N) is 3. The fraction of sp³-hybridized carbons (Fsp3) is 0.176. The van der Waals surface area contributed by atoms with Crippen molar-refractivity contribution in [3.05, 3.63) is 57.0 Å². The Bertz CT molecular complexity index is 797. The lowest BCUT2D eigenvalue weighted by Crippen LogP contribution is -2.23. The first-order valence-electron chi connectivity index (χ1n) is 7.47. The number of anilines is 2. The Morgan fingerprint density at radius 1 is 1.00 bits per heavy atom. The van der Waals surface area contributed by atoms with Crippen molar-refractivity contribution < 1.29 is 9.59 Å². The van der Waals surface area contributed by atoms with Gasteiger partial charge in [-0.15, -0.1) is 0 Å². The number of amides is 2. The highest BCUT2D eigenvalue weighted by molar-refractivity contribution is 6.44. The summed E-state index contributed by atoms with van der Waals surface area (Å²) in [6, 6.07) is 9.82. The Morgan fingerprint density at radius 2 is 1.72 bits per heavy atom. The maximum atomic E-state index is 12.1. The van der Waals surface area contributed by atoms with E-state index < -0.39 is 0 Å². The number of halogens is 3. The summed E-state index contributed by atoms with van der Waals surface area (Å²) in [5.41, 5.74) is 1.54. The molecule has 3 N–H and O–H groups in total. The molecule has 5 nitrogen and oxygen atoms in total. The third-order valence-corrected chi connectivity index (χ3v) is 4.23. The predicted octanol–water partition coefficient (Wildman–Crippen LogP) is 4.45. The summed E-state index contributed by atoms with van der Waals surface area (Å²) in [6.07, 6.45) is 0. The molecule has 0 aromatic heterocycles. The first-order valence-corrected chi connectivity index (χ1v) is 8.60. The van der Waals surface area contributed by atoms with Gasteiger partial charge in [-0.3, -0.25) is 9.59 Å². The molecule has 0 fully saturated rings. The third-order valence-electron chi connectivity index (χ3n) is 3.20. The fourth-order valence-corrected chi connectivity index (χ4v) is 2.62. The van der Waals surface area contributed by atoms with Crippen LogP contribution in [0.1, 0.15) is 17.3 Å². The summed E-state index contributed by atoms with van der Waals surface area (Å²) >= 11 is 17.8. The zero-order valence-corrected chi connectivity index (χ0v) is 15.6. The molecule has 0 bridgehead atoms. The standard InChI is InChI=1S/C17H16Cl3N3O2/c1-2-21-17(25)10-4-3-5-11(6-10)22-9-16(24)23-15-8-13(19)12(18)7-14(15)20/h3-8,22H,2,9H2,1H3,(H,21,25)(H,23,24). The molecular formula is C17H16Cl3N3O2. The number of carbonyl (C=O) groups excluding carboxylic acids is 2. The quantitative estimate of drug-likeness (QED) is 0.628. The maximum Gasteiger partial charge on any atom is 0.251 e. The van der Waals surface area contributed by atoms with Crippen LogP contribution in [0.3, 0.4) is 0 Å². The van der Waals surface area contributed by atoms with Crippen molar-refractivity contribution in [1.82, 2.24) is 5.32 Å². The normalized spacial score (nSPS) is 10.2. The summed E-state index contributed by atoms with van der Waals surface area (Å²) in [4.78, 5) is 23.9. The summed E-state index contributed by atoms with van der Waals surface area (Å²) in [7, 11) is 0. The molecule has 0 unspecified atom stereocenters. The lowest BCUT2D eigenvalue weighted by atomic mass is 10.2. The number of hydrogen-bond donors (Lipinski definition) is 3. The average molecular weight is 401 g/mol. The monoisotopic (exact) mass is 399 g/mol. The number of benzene rings is 2. The van der Waals surface area contributed by atoms with E-state index in [0.717, 1.165) is 0 Å². The van der Waals surface area contributed by atoms with Gasteiger partial charge in [-0.1, -0.05) is 40.9 Å². The van der Waals surface area contributed by atoms with Gasteiger partial charge in [-0.2, -0.15) is 0 Å². The van der Waals surface area contributed by atoms with E-state index in [4.69, 9.17) is 34.8 Å². The second-order valence-electron chi connectivity index (χ2n) is 5.09. The lowest BCUT2D eigenvalue weighted by molar-refractivity contribution is -0.114. The zero-order chi connectivity index (χ0) is 18.4. The van der Waals surface area contributed by atoms with E-state index in [1.54, 1.807) is 24.3 Å². The van der Waals surface area contributed by atoms with Crippen molar-refractivity contribution in [1.29, 1.82) is 0 Å². The van der Waals surface area contributed by atoms with Crippen molar-refractivity contribution >= 4 is 58.0 Å². The largest absolute Gasteiger partial charge is 0.376 e. The van der Waals surface area contributed by atoms with Crippen LogP contribution in [0.5, 0.6) is 0 Å². The van der Waals surface area contributed by atoms with Crippen LogP contribution in [0, 0.1) is 0 Å². The number of hydrogen-bond acceptors (Lipinski definition) is 3. The van der Waals surface area contributed by atoms with E-state index >= 15 is 0 Å². The second-order valence-corrected chi connectivity index (χ2v) is 6.31. The Hall–Kier alpha value is -1.95. The van der Waals surface area contributed by atoms with E-state index in [1.165, 1.54) is 12.1 Å². The van der Waals surface area contributed by atoms with Crippen molar-refractivity contribution in [3.8, 4) is 0 Å². The van der Waals surface area contributed by atoms with Gasteiger partial charge in [0.05, 0.1) is 27.3 Å². The molecule has 8 heteroatoms. The fourth-order valence-electron chi connectivity index (χ4n) is 2.03. The van der Waals surface area contributed by atoms with Crippen LogP contribution in [-0.4, -0.2) is 24.9 Å². The number of carbonyl (C=O) groups is 2. The Labute approximate surface area is 160 Å². The predicted molar refractivity (Wildman–Crippen MR) is 103 cm³/mol. The van der Waals surface area contributed by atoms with Crippen LogP contribution < -0.4 is 16.0 Å². The van der Waals surface area contributed by atoms with Crippen LogP contribution in [0.15, 0.2) is 36.4 Å². The Balaban J connectivity index is 1.97. The van der Waals surface area contributed by atoms with E-state index in [1.807, 2.05) is 6.92 Å². The molecule has 0 aliphatic carbocycles. The molecule has 2 aromatic carbocycles. The first-order chi connectivity index (χ1) is 11.9. The molecule has 0 heterocycles. The van der Waals surface area contributed by atoms with Crippen molar-refractivity contribution in [2.75, 3.05) is 23.7 Å². The molecule has 0 radical (unpaired) electrons. The minimum Gasteiger partial charge on any atom is -0.376 e. The van der Waals surface area contributed by atoms with Crippen LogP contribution in [0.4, 0.5) is 11.4 Å². The summed E-state index contributed by atoms with van der Waals surface area (Å²) in [6.45, 7) is 2.39. The third kappa shape index (κ3) is 5.53. The van der Waals surface area contributed by atoms with Gasteiger partial charge >= 0.3 is 0 Å². The van der Waals surface area contributed by atoms with E-state index in [0.29, 0.717) is 38.6 Å². The number of rotatable bonds is 6. The smallest absolute Gasteiger partial charge is 0.251 e. The van der Waals surface area contributed by atoms with Crippen LogP contribution >= 0.6 is 34.8 Å². The van der Waals surface area contributed by atoms with Crippen LogP contribution in [0.2, 0.25) is 15.1 Å². The molecule has 2 rings (SSSR count). The van der Waals surface area contributed by atoms with Gasteiger partial charge < -0.3 is 16.0 Å². The first kappa shape index (κ1) is 19.4. The highest BCUT2D eigenvalue weighted by Crippen LogP contribution is 2.32. The van der Waals surface area contributed by atoms with Gasteiger partial charge in [0, 0.05) is 17.8 Å². The Kier molecular flexibility index (Phi) is 6.93. The van der Waals surface area contributed by atoms with Gasteiger partial charge in [-0.25, -0.2) is 0 Å². The van der Waals surface area contributed by atoms with Crippen LogP contribution in [0.25, 0.3) is 0 Å². The van der Waals surface area contributed by atoms with Gasteiger partial charge in [0.15, 0.2) is 0 Å². The molecule has 0 aliphatic heterocycles. The lowest BCUT2D eigenvalue weighted by Gasteiger charge is -2.11. The second kappa shape index (κ2) is 8.94. The highest BCUT2D eigenvalue weighted by atomic mass is 35.5. The molecule has 25 heavy (non-hydrogen) atoms. The molecule has 0 spiro atoms. The van der Waals surface area contributed by atoms with Crippen LogP contribution in [-0.2, 0) is 4.79 Å². The van der Waals surface area contributed by atoms with Crippen molar-refractivity contribution in [3.63, 3.8) is 0 Å². The van der Waals surface area contributed by atoms with E-state index in [-0.39, 0.29) is 18.4 Å². The molecule has 132 valence electrons. The van der Waals surface area contributed by atoms with Crippen molar-refractivity contribution in [2.24, 2.45) is 0 Å². The van der Waals surface area contributed by atoms with Gasteiger partial charge in [-0.05, 0) is 37.3 Å². The molecule has 2 aromatic rings. The zero-order valence-electron chi connectivity index (χ0n) is 13.3. The van der Waals surface area contributed by atoms with Gasteiger partial charge in [0.25, 0.3) is 5.91 Å². The molecule has 0 saturated heterocycles. The molecule has 0 aliphatic rings. The summed E-state index contributed by atoms with van der Waals surface area (Å²) in [5, 5.41) is 9.22. The van der Waals surface area contributed by atoms with Crippen molar-refractivity contribution in [2.45, 2.75) is 6.92 Å². The van der Waals surface area contributed by atoms with Gasteiger partial charge in [0.2, 0.25) is 5.91 Å². The van der Waals surface area contributed by atoms with E-state index in [2.05, 4.69) is 16.0 Å². The molecular weight excluding hydrogens is 385 g/mol. The van der Waals surface area contributed by atoms with Gasteiger partial charge in [0.1, 0.15) is 0 Å². The summed E-state index contributed by atoms with van der Waals surface area (Å²) in [5.74, 6) is -0.484.